The van der Waals surface area contributed by atoms with E-state index in [0.29, 0.717) is 30.6 Å². The van der Waals surface area contributed by atoms with Gasteiger partial charge in [-0.1, -0.05) is 35.9 Å². The van der Waals surface area contributed by atoms with Gasteiger partial charge in [0, 0.05) is 23.5 Å². The highest BCUT2D eigenvalue weighted by molar-refractivity contribution is 6.30. The molecule has 0 radical (unpaired) electrons. The van der Waals surface area contributed by atoms with E-state index in [0.717, 1.165) is 79.4 Å². The van der Waals surface area contributed by atoms with Crippen LogP contribution in [0.15, 0.2) is 73.3 Å². The Morgan fingerprint density at radius 1 is 1.13 bits per heavy atom. The van der Waals surface area contributed by atoms with Crippen LogP contribution in [0, 0.1) is 11.8 Å². The van der Waals surface area contributed by atoms with Crippen LogP contribution in [0.2, 0.25) is 5.02 Å². The molecule has 1 aliphatic heterocycles. The summed E-state index contributed by atoms with van der Waals surface area (Å²) in [7, 11) is 1.68. The molecule has 0 saturated heterocycles. The number of ether oxygens (including phenoxy) is 4. The second kappa shape index (κ2) is 13.9. The highest BCUT2D eigenvalue weighted by atomic mass is 35.5. The normalized spacial score (nSPS) is 22.6. The number of nitrogens with zero attached hydrogens (tertiary/aromatic N) is 1. The Morgan fingerprint density at radius 3 is 2.64 bits per heavy atom. The van der Waals surface area contributed by atoms with E-state index in [-0.39, 0.29) is 17.5 Å². The van der Waals surface area contributed by atoms with Gasteiger partial charge in [0.2, 0.25) is 0 Å². The van der Waals surface area contributed by atoms with Gasteiger partial charge in [-0.05, 0) is 130 Å². The van der Waals surface area contributed by atoms with Gasteiger partial charge in [0.1, 0.15) is 17.1 Å². The Bertz CT molecular complexity index is 1580. The van der Waals surface area contributed by atoms with Crippen molar-refractivity contribution >= 4 is 23.3 Å². The van der Waals surface area contributed by atoms with Crippen LogP contribution < -0.4 is 14.4 Å². The van der Waals surface area contributed by atoms with Crippen molar-refractivity contribution in [3.05, 3.63) is 101 Å². The second-order valence-electron chi connectivity index (χ2n) is 14.5. The maximum Gasteiger partial charge on any atom is 0.338 e. The zero-order valence-electron chi connectivity index (χ0n) is 28.2. The number of anilines is 1. The molecular formula is C40H48ClNO5. The summed E-state index contributed by atoms with van der Waals surface area (Å²) in [4.78, 5) is 15.7. The van der Waals surface area contributed by atoms with E-state index in [9.17, 15) is 4.79 Å². The van der Waals surface area contributed by atoms with Gasteiger partial charge in [0.15, 0.2) is 0 Å². The molecule has 3 aliphatic rings. The first-order valence-corrected chi connectivity index (χ1v) is 17.3. The number of methoxy groups -OCH3 is 1. The third-order valence-corrected chi connectivity index (χ3v) is 10.3. The Labute approximate surface area is 285 Å². The Kier molecular flexibility index (Phi) is 9.91. The third-order valence-electron chi connectivity index (χ3n) is 10.1. The van der Waals surface area contributed by atoms with Gasteiger partial charge < -0.3 is 23.8 Å². The van der Waals surface area contributed by atoms with Crippen molar-refractivity contribution in [2.45, 2.75) is 83.0 Å². The van der Waals surface area contributed by atoms with Crippen LogP contribution in [0.4, 0.5) is 5.69 Å². The molecule has 0 N–H and O–H groups in total. The first kappa shape index (κ1) is 33.4. The molecule has 1 saturated carbocycles. The van der Waals surface area contributed by atoms with Gasteiger partial charge in [-0.25, -0.2) is 4.79 Å². The fraction of sp³-hybridized carbons (Fsp3) is 0.475. The molecule has 4 atom stereocenters. The molecule has 7 heteroatoms. The van der Waals surface area contributed by atoms with E-state index in [4.69, 9.17) is 30.5 Å². The predicted molar refractivity (Wildman–Crippen MR) is 188 cm³/mol. The number of hydrogen-bond acceptors (Lipinski definition) is 6. The maximum absolute atomic E-state index is 13.2. The lowest BCUT2D eigenvalue weighted by Gasteiger charge is -2.46. The quantitative estimate of drug-likeness (QED) is 0.160. The van der Waals surface area contributed by atoms with Crippen LogP contribution in [-0.2, 0) is 27.9 Å². The van der Waals surface area contributed by atoms with Crippen molar-refractivity contribution in [1.82, 2.24) is 0 Å². The summed E-state index contributed by atoms with van der Waals surface area (Å²) in [6.07, 6.45) is 8.24. The fourth-order valence-electron chi connectivity index (χ4n) is 7.63. The summed E-state index contributed by atoms with van der Waals surface area (Å²) in [6.45, 7) is 12.5. The molecule has 1 heterocycles. The monoisotopic (exact) mass is 657 g/mol. The lowest BCUT2D eigenvalue weighted by molar-refractivity contribution is -0.0483. The number of benzene rings is 3. The molecule has 1 spiro atoms. The van der Waals surface area contributed by atoms with E-state index < -0.39 is 5.60 Å². The van der Waals surface area contributed by atoms with Crippen molar-refractivity contribution in [2.24, 2.45) is 11.8 Å². The largest absolute Gasteiger partial charge is 0.497 e. The SMILES string of the molecule is C=CC[C@H](OCc1ccc(OC)cc1)[C@@H]1CC[C@H]1CN1C[C@@]2(CCCc3cc(Cl)ccc32)COc2ccc(C(=O)OC(C)(C)C)cc21. The number of hydrogen-bond donors (Lipinski definition) is 0. The van der Waals surface area contributed by atoms with Crippen LogP contribution in [0.3, 0.4) is 0 Å². The van der Waals surface area contributed by atoms with Crippen molar-refractivity contribution in [3.8, 4) is 11.5 Å². The number of halogens is 1. The average molecular weight is 658 g/mol. The first-order valence-electron chi connectivity index (χ1n) is 17.0. The van der Waals surface area contributed by atoms with Gasteiger partial charge in [-0.3, -0.25) is 0 Å². The number of carbonyl (C=O) groups is 1. The molecule has 6 nitrogen and oxygen atoms in total. The Hall–Kier alpha value is -3.48. The smallest absolute Gasteiger partial charge is 0.338 e. The summed E-state index contributed by atoms with van der Waals surface area (Å²) in [6, 6.07) is 20.2. The Balaban J connectivity index is 1.29. The summed E-state index contributed by atoms with van der Waals surface area (Å²) in [5.74, 6) is 2.16. The van der Waals surface area contributed by atoms with E-state index in [1.54, 1.807) is 7.11 Å². The standard InChI is InChI=1S/C40H48ClNO5/c1-6-8-36(45-24-27-10-15-32(44-5)16-11-27)33-17-12-30(33)23-42-25-40(20-7-9-28-21-31(41)14-18-34(28)40)26-46-37-19-13-29(22-35(37)42)38(43)47-39(2,3)4/h6,10-11,13-16,18-19,21-22,30,33,36H,1,7-9,12,17,20,23-26H2,2-5H3/t30-,33+,36-,40-/m0/s1. The van der Waals surface area contributed by atoms with E-state index >= 15 is 0 Å². The summed E-state index contributed by atoms with van der Waals surface area (Å²) < 4.78 is 24.4. The van der Waals surface area contributed by atoms with Crippen molar-refractivity contribution in [1.29, 1.82) is 0 Å². The number of carbonyl (C=O) groups excluding carboxylic acids is 1. The summed E-state index contributed by atoms with van der Waals surface area (Å²) >= 11 is 6.47. The minimum Gasteiger partial charge on any atom is -0.497 e. The topological polar surface area (TPSA) is 57.2 Å². The molecule has 1 fully saturated rings. The predicted octanol–water partition coefficient (Wildman–Crippen LogP) is 8.96. The molecule has 3 aromatic rings. The van der Waals surface area contributed by atoms with E-state index in [1.165, 1.54) is 11.1 Å². The molecule has 0 amide bonds. The van der Waals surface area contributed by atoms with Crippen LogP contribution in [0.1, 0.15) is 79.9 Å². The van der Waals surface area contributed by atoms with E-state index in [1.807, 2.05) is 63.2 Å². The van der Waals surface area contributed by atoms with Gasteiger partial charge >= 0.3 is 5.97 Å². The summed E-state index contributed by atoms with van der Waals surface area (Å²) in [5, 5.41) is 0.776. The third kappa shape index (κ3) is 7.49. The highest BCUT2D eigenvalue weighted by Crippen LogP contribution is 2.47. The molecule has 3 aromatic carbocycles. The molecule has 250 valence electrons. The maximum atomic E-state index is 13.2. The molecule has 2 aliphatic carbocycles. The lowest BCUT2D eigenvalue weighted by atomic mass is 9.68. The van der Waals surface area contributed by atoms with Crippen LogP contribution in [0.5, 0.6) is 11.5 Å². The van der Waals surface area contributed by atoms with Crippen LogP contribution in [-0.4, -0.2) is 44.5 Å². The number of aryl methyl sites for hydroxylation is 1. The highest BCUT2D eigenvalue weighted by Gasteiger charge is 2.44. The van der Waals surface area contributed by atoms with Crippen LogP contribution in [0.25, 0.3) is 0 Å². The second-order valence-corrected chi connectivity index (χ2v) is 14.9. The van der Waals surface area contributed by atoms with Crippen molar-refractivity contribution in [3.63, 3.8) is 0 Å². The molecular weight excluding hydrogens is 610 g/mol. The molecule has 6 rings (SSSR count). The minimum atomic E-state index is -0.581. The molecule has 47 heavy (non-hydrogen) atoms. The first-order chi connectivity index (χ1) is 22.6. The molecule has 0 bridgehead atoms. The summed E-state index contributed by atoms with van der Waals surface area (Å²) in [5.41, 5.74) is 4.49. The van der Waals surface area contributed by atoms with E-state index in [2.05, 4.69) is 35.7 Å². The van der Waals surface area contributed by atoms with Gasteiger partial charge in [0.25, 0.3) is 0 Å². The fourth-order valence-corrected chi connectivity index (χ4v) is 7.82. The zero-order valence-corrected chi connectivity index (χ0v) is 29.0. The van der Waals surface area contributed by atoms with Gasteiger partial charge in [0.05, 0.1) is 37.7 Å². The lowest BCUT2D eigenvalue weighted by Crippen LogP contribution is -2.49. The zero-order chi connectivity index (χ0) is 33.2. The Morgan fingerprint density at radius 2 is 1.94 bits per heavy atom. The number of esters is 1. The van der Waals surface area contributed by atoms with Crippen LogP contribution >= 0.6 is 11.6 Å². The van der Waals surface area contributed by atoms with Crippen molar-refractivity contribution in [2.75, 3.05) is 31.7 Å². The van der Waals surface area contributed by atoms with Gasteiger partial charge in [-0.2, -0.15) is 0 Å². The van der Waals surface area contributed by atoms with Crippen molar-refractivity contribution < 1.29 is 23.7 Å². The minimum absolute atomic E-state index is 0.0793. The van der Waals surface area contributed by atoms with Gasteiger partial charge in [-0.15, -0.1) is 6.58 Å². The average Bonchev–Trinajstić information content (AvgIpc) is 3.18. The number of fused-ring (bicyclic) bond motifs is 3. The number of rotatable bonds is 10. The molecule has 0 unspecified atom stereocenters. The molecule has 0 aromatic heterocycles.